The Labute approximate surface area is 79.4 Å². The highest BCUT2D eigenvalue weighted by Gasteiger charge is 2.56. The van der Waals surface area contributed by atoms with Gasteiger partial charge in [0.2, 0.25) is 0 Å². The van der Waals surface area contributed by atoms with Crippen molar-refractivity contribution in [1.29, 1.82) is 0 Å². The van der Waals surface area contributed by atoms with Gasteiger partial charge >= 0.3 is 0 Å². The smallest absolute Gasteiger partial charge is 0.195 e. The monoisotopic (exact) mass is 186 g/mol. The molecular formula is C10H18O3. The Morgan fingerprint density at radius 2 is 2.15 bits per heavy atom. The van der Waals surface area contributed by atoms with Crippen LogP contribution in [-0.4, -0.2) is 32.2 Å². The fourth-order valence-corrected chi connectivity index (χ4v) is 2.83. The summed E-state index contributed by atoms with van der Waals surface area (Å²) in [5.74, 6) is 0.0653. The Kier molecular flexibility index (Phi) is 2.34. The lowest BCUT2D eigenvalue weighted by molar-refractivity contribution is -0.254. The number of rotatable bonds is 2. The fraction of sp³-hybridized carbons (Fsp3) is 1.00. The highest BCUT2D eigenvalue weighted by molar-refractivity contribution is 4.99. The quantitative estimate of drug-likeness (QED) is 0.655. The molecule has 0 N–H and O–H groups in total. The molecule has 0 amide bonds. The SMILES string of the molecule is COC1[C@H]2CCCC1(OC)OC2C. The van der Waals surface area contributed by atoms with E-state index in [1.54, 1.807) is 14.2 Å². The first-order valence-corrected chi connectivity index (χ1v) is 4.99. The number of hydrogen-bond donors (Lipinski definition) is 0. The van der Waals surface area contributed by atoms with Crippen LogP contribution in [0.1, 0.15) is 26.2 Å². The molecule has 0 aromatic rings. The van der Waals surface area contributed by atoms with Gasteiger partial charge in [-0.3, -0.25) is 0 Å². The Morgan fingerprint density at radius 1 is 1.38 bits per heavy atom. The van der Waals surface area contributed by atoms with Crippen LogP contribution in [-0.2, 0) is 14.2 Å². The second-order valence-corrected chi connectivity index (χ2v) is 4.05. The minimum Gasteiger partial charge on any atom is -0.375 e. The Balaban J connectivity index is 2.24. The van der Waals surface area contributed by atoms with Gasteiger partial charge in [-0.15, -0.1) is 0 Å². The van der Waals surface area contributed by atoms with E-state index in [4.69, 9.17) is 14.2 Å². The van der Waals surface area contributed by atoms with Crippen molar-refractivity contribution in [3.8, 4) is 0 Å². The molecule has 1 saturated heterocycles. The van der Waals surface area contributed by atoms with E-state index < -0.39 is 5.79 Å². The summed E-state index contributed by atoms with van der Waals surface area (Å²) in [6.45, 7) is 2.11. The number of ether oxygens (including phenoxy) is 3. The summed E-state index contributed by atoms with van der Waals surface area (Å²) in [4.78, 5) is 0. The van der Waals surface area contributed by atoms with Gasteiger partial charge in [0, 0.05) is 26.6 Å². The predicted octanol–water partition coefficient (Wildman–Crippen LogP) is 1.56. The molecule has 13 heavy (non-hydrogen) atoms. The molecule has 2 fully saturated rings. The average molecular weight is 186 g/mol. The first kappa shape index (κ1) is 9.44. The molecule has 4 atom stereocenters. The van der Waals surface area contributed by atoms with E-state index in [2.05, 4.69) is 6.92 Å². The molecule has 3 unspecified atom stereocenters. The Morgan fingerprint density at radius 3 is 2.69 bits per heavy atom. The van der Waals surface area contributed by atoms with Crippen molar-refractivity contribution in [3.05, 3.63) is 0 Å². The Bertz CT molecular complexity index is 195. The second kappa shape index (κ2) is 3.23. The third-order valence-corrected chi connectivity index (χ3v) is 3.47. The summed E-state index contributed by atoms with van der Waals surface area (Å²) in [7, 11) is 3.46. The van der Waals surface area contributed by atoms with E-state index >= 15 is 0 Å². The zero-order chi connectivity index (χ0) is 9.47. The van der Waals surface area contributed by atoms with E-state index in [9.17, 15) is 0 Å². The molecule has 1 aliphatic carbocycles. The predicted molar refractivity (Wildman–Crippen MR) is 48.4 cm³/mol. The van der Waals surface area contributed by atoms with Crippen LogP contribution in [0, 0.1) is 5.92 Å². The lowest BCUT2D eigenvalue weighted by Gasteiger charge is -2.36. The van der Waals surface area contributed by atoms with Gasteiger partial charge in [-0.25, -0.2) is 0 Å². The van der Waals surface area contributed by atoms with E-state index in [1.807, 2.05) is 0 Å². The normalized spacial score (nSPS) is 49.6. The minimum atomic E-state index is -0.447. The molecule has 2 rings (SSSR count). The zero-order valence-electron chi connectivity index (χ0n) is 8.58. The first-order chi connectivity index (χ1) is 6.23. The van der Waals surface area contributed by atoms with Gasteiger partial charge < -0.3 is 14.2 Å². The van der Waals surface area contributed by atoms with Gasteiger partial charge in [0.1, 0.15) is 6.10 Å². The molecule has 3 nitrogen and oxygen atoms in total. The van der Waals surface area contributed by atoms with E-state index in [0.29, 0.717) is 5.92 Å². The topological polar surface area (TPSA) is 27.7 Å². The van der Waals surface area contributed by atoms with Crippen LogP contribution in [0.5, 0.6) is 0 Å². The van der Waals surface area contributed by atoms with Gasteiger partial charge in [-0.1, -0.05) is 0 Å². The lowest BCUT2D eigenvalue weighted by Crippen LogP contribution is -2.46. The molecule has 0 spiro atoms. The van der Waals surface area contributed by atoms with Crippen LogP contribution in [0.3, 0.4) is 0 Å². The van der Waals surface area contributed by atoms with Gasteiger partial charge in [0.15, 0.2) is 5.79 Å². The second-order valence-electron chi connectivity index (χ2n) is 4.05. The standard InChI is InChI=1S/C10H18O3/c1-7-8-5-4-6-10(12-3,13-7)9(8)11-2/h7-9H,4-6H2,1-3H3/t7?,8-,9?,10?/m0/s1. The average Bonchev–Trinajstić information content (AvgIpc) is 2.30. The van der Waals surface area contributed by atoms with Crippen molar-refractivity contribution < 1.29 is 14.2 Å². The Hall–Kier alpha value is -0.120. The van der Waals surface area contributed by atoms with Crippen molar-refractivity contribution in [3.63, 3.8) is 0 Å². The third kappa shape index (κ3) is 1.22. The largest absolute Gasteiger partial charge is 0.375 e. The van der Waals surface area contributed by atoms with Crippen LogP contribution >= 0.6 is 0 Å². The summed E-state index contributed by atoms with van der Waals surface area (Å²) in [5, 5.41) is 0. The van der Waals surface area contributed by atoms with Gasteiger partial charge in [0.25, 0.3) is 0 Å². The highest BCUT2D eigenvalue weighted by Crippen LogP contribution is 2.47. The maximum absolute atomic E-state index is 5.88. The molecule has 76 valence electrons. The molecule has 1 saturated carbocycles. The molecule has 0 aromatic carbocycles. The molecule has 0 aromatic heterocycles. The van der Waals surface area contributed by atoms with Crippen LogP contribution in [0.4, 0.5) is 0 Å². The van der Waals surface area contributed by atoms with Crippen molar-refractivity contribution >= 4 is 0 Å². The minimum absolute atomic E-state index is 0.126. The van der Waals surface area contributed by atoms with E-state index in [0.717, 1.165) is 6.42 Å². The summed E-state index contributed by atoms with van der Waals surface area (Å²) in [6, 6.07) is 0. The van der Waals surface area contributed by atoms with Crippen LogP contribution in [0.25, 0.3) is 0 Å². The van der Waals surface area contributed by atoms with Gasteiger partial charge in [0.05, 0.1) is 6.10 Å². The van der Waals surface area contributed by atoms with Crippen molar-refractivity contribution in [2.75, 3.05) is 14.2 Å². The number of methoxy groups -OCH3 is 2. The molecule has 2 bridgehead atoms. The van der Waals surface area contributed by atoms with Crippen LogP contribution in [0.15, 0.2) is 0 Å². The summed E-state index contributed by atoms with van der Waals surface area (Å²) in [6.07, 6.45) is 3.74. The van der Waals surface area contributed by atoms with Crippen LogP contribution in [0.2, 0.25) is 0 Å². The lowest BCUT2D eigenvalue weighted by atomic mass is 9.82. The van der Waals surface area contributed by atoms with Crippen molar-refractivity contribution in [1.82, 2.24) is 0 Å². The molecule has 0 radical (unpaired) electrons. The zero-order valence-corrected chi connectivity index (χ0v) is 8.58. The summed E-state index contributed by atoms with van der Waals surface area (Å²) >= 11 is 0. The molecule has 1 heterocycles. The molecular weight excluding hydrogens is 168 g/mol. The third-order valence-electron chi connectivity index (χ3n) is 3.47. The number of hydrogen-bond acceptors (Lipinski definition) is 3. The number of fused-ring (bicyclic) bond motifs is 2. The van der Waals surface area contributed by atoms with Crippen molar-refractivity contribution in [2.24, 2.45) is 5.92 Å². The molecule has 3 heteroatoms. The fourth-order valence-electron chi connectivity index (χ4n) is 2.83. The van der Waals surface area contributed by atoms with Crippen molar-refractivity contribution in [2.45, 2.75) is 44.2 Å². The maximum atomic E-state index is 5.88. The van der Waals surface area contributed by atoms with Gasteiger partial charge in [-0.05, 0) is 19.8 Å². The van der Waals surface area contributed by atoms with E-state index in [1.165, 1.54) is 12.8 Å². The summed E-state index contributed by atoms with van der Waals surface area (Å²) in [5.41, 5.74) is 0. The summed E-state index contributed by atoms with van der Waals surface area (Å²) < 4.78 is 16.9. The van der Waals surface area contributed by atoms with E-state index in [-0.39, 0.29) is 12.2 Å². The first-order valence-electron chi connectivity index (χ1n) is 4.99. The highest BCUT2D eigenvalue weighted by atomic mass is 16.7. The maximum Gasteiger partial charge on any atom is 0.195 e. The van der Waals surface area contributed by atoms with Gasteiger partial charge in [-0.2, -0.15) is 0 Å². The van der Waals surface area contributed by atoms with Crippen LogP contribution < -0.4 is 0 Å². The molecule has 1 aliphatic heterocycles. The molecule has 2 aliphatic rings.